The van der Waals surface area contributed by atoms with Gasteiger partial charge in [0.25, 0.3) is 0 Å². The number of hydrogen-bond acceptors (Lipinski definition) is 4. The van der Waals surface area contributed by atoms with Crippen LogP contribution in [0.1, 0.15) is 31.2 Å². The van der Waals surface area contributed by atoms with E-state index in [-0.39, 0.29) is 23.7 Å². The van der Waals surface area contributed by atoms with Gasteiger partial charge in [0.1, 0.15) is 17.9 Å². The molecule has 2 fully saturated rings. The minimum Gasteiger partial charge on any atom is -0.343 e. The second-order valence-corrected chi connectivity index (χ2v) is 6.80. The molecule has 7 heteroatoms. The molecule has 0 aromatic heterocycles. The molecule has 2 saturated heterocycles. The number of halogens is 1. The van der Waals surface area contributed by atoms with Crippen LogP contribution in [0.5, 0.6) is 0 Å². The molecule has 3 atom stereocenters. The molecule has 25 heavy (non-hydrogen) atoms. The molecule has 4 N–H and O–H groups in total. The highest BCUT2D eigenvalue weighted by Crippen LogP contribution is 2.24. The predicted molar refractivity (Wildman–Crippen MR) is 92.0 cm³/mol. The molecule has 2 heterocycles. The average Bonchev–Trinajstić information content (AvgIpc) is 3.03. The zero-order valence-electron chi connectivity index (χ0n) is 14.2. The van der Waals surface area contributed by atoms with E-state index in [0.717, 1.165) is 18.4 Å². The first kappa shape index (κ1) is 17.8. The van der Waals surface area contributed by atoms with Gasteiger partial charge < -0.3 is 21.3 Å². The number of nitrogens with one attached hydrogen (secondary N) is 2. The van der Waals surface area contributed by atoms with Crippen LogP contribution in [0.4, 0.5) is 4.39 Å². The van der Waals surface area contributed by atoms with Crippen molar-refractivity contribution in [2.24, 2.45) is 5.73 Å². The normalized spacial score (nSPS) is 25.8. The van der Waals surface area contributed by atoms with Crippen molar-refractivity contribution in [3.63, 3.8) is 0 Å². The van der Waals surface area contributed by atoms with Crippen molar-refractivity contribution >= 4 is 11.8 Å². The van der Waals surface area contributed by atoms with Gasteiger partial charge in [0, 0.05) is 19.1 Å². The summed E-state index contributed by atoms with van der Waals surface area (Å²) in [6, 6.07) is 5.62. The topological polar surface area (TPSA) is 87.5 Å². The summed E-state index contributed by atoms with van der Waals surface area (Å²) in [6.45, 7) is 1.62. The molecular weight excluding hydrogens is 323 g/mol. The molecule has 0 unspecified atom stereocenters. The van der Waals surface area contributed by atoms with Crippen LogP contribution in [0.3, 0.4) is 0 Å². The largest absolute Gasteiger partial charge is 0.343 e. The third-order valence-electron chi connectivity index (χ3n) is 4.93. The van der Waals surface area contributed by atoms with Crippen LogP contribution in [0.2, 0.25) is 0 Å². The summed E-state index contributed by atoms with van der Waals surface area (Å²) in [7, 11) is 0. The molecular formula is C18H25FN4O2. The summed E-state index contributed by atoms with van der Waals surface area (Å²) < 4.78 is 13.2. The van der Waals surface area contributed by atoms with Crippen molar-refractivity contribution < 1.29 is 14.0 Å². The summed E-state index contributed by atoms with van der Waals surface area (Å²) >= 11 is 0. The Morgan fingerprint density at radius 2 is 2.16 bits per heavy atom. The number of amides is 2. The second-order valence-electron chi connectivity index (χ2n) is 6.80. The number of nitrogens with two attached hydrogens (primary N) is 1. The fourth-order valence-electron chi connectivity index (χ4n) is 3.60. The van der Waals surface area contributed by atoms with Gasteiger partial charge in [-0.15, -0.1) is 0 Å². The van der Waals surface area contributed by atoms with Gasteiger partial charge in [0.2, 0.25) is 11.8 Å². The molecule has 2 aliphatic heterocycles. The van der Waals surface area contributed by atoms with Crippen LogP contribution in [-0.4, -0.2) is 47.9 Å². The molecule has 0 saturated carbocycles. The van der Waals surface area contributed by atoms with Crippen molar-refractivity contribution in [1.29, 1.82) is 0 Å². The number of carbonyl (C=O) groups is 2. The number of fused-ring (bicyclic) bond motifs is 1. The Kier molecular flexibility index (Phi) is 5.65. The molecule has 1 aromatic rings. The van der Waals surface area contributed by atoms with Gasteiger partial charge in [-0.3, -0.25) is 9.59 Å². The van der Waals surface area contributed by atoms with Gasteiger partial charge in [-0.1, -0.05) is 12.1 Å². The molecule has 0 spiro atoms. The summed E-state index contributed by atoms with van der Waals surface area (Å²) in [5.74, 6) is -0.345. The Morgan fingerprint density at radius 1 is 1.32 bits per heavy atom. The number of rotatable bonds is 7. The van der Waals surface area contributed by atoms with Crippen molar-refractivity contribution in [1.82, 2.24) is 15.5 Å². The summed E-state index contributed by atoms with van der Waals surface area (Å²) in [5, 5.41) is 6.18. The molecule has 1 aromatic carbocycles. The van der Waals surface area contributed by atoms with Gasteiger partial charge in [-0.25, -0.2) is 4.39 Å². The van der Waals surface area contributed by atoms with Crippen molar-refractivity contribution in [3.05, 3.63) is 35.6 Å². The van der Waals surface area contributed by atoms with E-state index in [4.69, 9.17) is 5.73 Å². The maximum atomic E-state index is 13.2. The maximum Gasteiger partial charge on any atom is 0.245 e. The van der Waals surface area contributed by atoms with Gasteiger partial charge in [-0.2, -0.15) is 0 Å². The first-order chi connectivity index (χ1) is 12.1. The monoisotopic (exact) mass is 348 g/mol. The van der Waals surface area contributed by atoms with E-state index in [1.807, 2.05) is 6.07 Å². The van der Waals surface area contributed by atoms with Crippen LogP contribution in [-0.2, 0) is 16.1 Å². The van der Waals surface area contributed by atoms with Gasteiger partial charge in [0.15, 0.2) is 0 Å². The number of benzene rings is 1. The Hall–Kier alpha value is -1.99. The molecule has 2 amide bonds. The lowest BCUT2D eigenvalue weighted by atomic mass is 10.0. The lowest BCUT2D eigenvalue weighted by Crippen LogP contribution is -2.61. The average molecular weight is 348 g/mol. The molecule has 0 radical (unpaired) electrons. The lowest BCUT2D eigenvalue weighted by Gasteiger charge is -2.34. The highest BCUT2D eigenvalue weighted by atomic mass is 19.1. The van der Waals surface area contributed by atoms with E-state index in [1.54, 1.807) is 11.0 Å². The van der Waals surface area contributed by atoms with E-state index in [1.165, 1.54) is 12.1 Å². The molecule has 3 rings (SSSR count). The summed E-state index contributed by atoms with van der Waals surface area (Å²) in [5.41, 5.74) is 6.33. The Balaban J connectivity index is 1.56. The molecule has 0 aliphatic carbocycles. The predicted octanol–water partition coefficient (Wildman–Crippen LogP) is 0.512. The van der Waals surface area contributed by atoms with E-state index in [9.17, 15) is 14.0 Å². The summed E-state index contributed by atoms with van der Waals surface area (Å²) in [6.07, 6.45) is 2.89. The van der Waals surface area contributed by atoms with Crippen LogP contribution in [0, 0.1) is 5.82 Å². The highest BCUT2D eigenvalue weighted by Gasteiger charge is 2.45. The lowest BCUT2D eigenvalue weighted by molar-refractivity contribution is -0.147. The number of nitrogens with zero attached hydrogens (tertiary/aromatic N) is 1. The molecule has 2 aliphatic rings. The van der Waals surface area contributed by atoms with E-state index < -0.39 is 12.1 Å². The SMILES string of the molecule is NCCCC[C@@H]1NC(=O)[C@@H]2C[C@H](NCc3cccc(F)c3)CN2C1=O. The van der Waals surface area contributed by atoms with Crippen LogP contribution >= 0.6 is 0 Å². The summed E-state index contributed by atoms with van der Waals surface area (Å²) in [4.78, 5) is 26.6. The zero-order valence-corrected chi connectivity index (χ0v) is 14.2. The second kappa shape index (κ2) is 7.93. The third-order valence-corrected chi connectivity index (χ3v) is 4.93. The van der Waals surface area contributed by atoms with E-state index in [0.29, 0.717) is 32.5 Å². The molecule has 6 nitrogen and oxygen atoms in total. The van der Waals surface area contributed by atoms with Crippen molar-refractivity contribution in [2.75, 3.05) is 13.1 Å². The van der Waals surface area contributed by atoms with Gasteiger partial charge >= 0.3 is 0 Å². The standard InChI is InChI=1S/C18H25FN4O2/c19-13-5-3-4-12(8-13)10-21-14-9-16-17(24)22-15(6-1-2-7-20)18(25)23(16)11-14/h3-5,8,14-16,21H,1-2,6-7,9-11,20H2,(H,22,24)/t14-,15-,16-/m0/s1. The van der Waals surface area contributed by atoms with Crippen LogP contribution < -0.4 is 16.4 Å². The first-order valence-corrected chi connectivity index (χ1v) is 8.87. The smallest absolute Gasteiger partial charge is 0.245 e. The van der Waals surface area contributed by atoms with Gasteiger partial charge in [0.05, 0.1) is 0 Å². The molecule has 136 valence electrons. The van der Waals surface area contributed by atoms with Crippen molar-refractivity contribution in [2.45, 2.75) is 50.4 Å². The number of carbonyl (C=O) groups excluding carboxylic acids is 2. The third kappa shape index (κ3) is 4.16. The highest BCUT2D eigenvalue weighted by molar-refractivity contribution is 5.97. The quantitative estimate of drug-likeness (QED) is 0.627. The minimum atomic E-state index is -0.433. The van der Waals surface area contributed by atoms with Crippen molar-refractivity contribution in [3.8, 4) is 0 Å². The zero-order chi connectivity index (χ0) is 17.8. The minimum absolute atomic E-state index is 0.00308. The van der Waals surface area contributed by atoms with Crippen LogP contribution in [0.25, 0.3) is 0 Å². The maximum absolute atomic E-state index is 13.2. The van der Waals surface area contributed by atoms with E-state index >= 15 is 0 Å². The number of hydrogen-bond donors (Lipinski definition) is 3. The van der Waals surface area contributed by atoms with Gasteiger partial charge in [-0.05, 0) is 49.9 Å². The Bertz CT molecular complexity index is 639. The fraction of sp³-hybridized carbons (Fsp3) is 0.556. The fourth-order valence-corrected chi connectivity index (χ4v) is 3.60. The molecule has 0 bridgehead atoms. The number of unbranched alkanes of at least 4 members (excludes halogenated alkanes) is 1. The van der Waals surface area contributed by atoms with E-state index in [2.05, 4.69) is 10.6 Å². The Morgan fingerprint density at radius 3 is 2.92 bits per heavy atom. The number of piperazine rings is 1. The first-order valence-electron chi connectivity index (χ1n) is 8.87. The van der Waals surface area contributed by atoms with Crippen LogP contribution in [0.15, 0.2) is 24.3 Å². The Labute approximate surface area is 146 Å².